The molecule has 0 aromatic heterocycles. The number of aliphatic hydroxyl groups is 1. The molecule has 3 N–H and O–H groups in total. The lowest BCUT2D eigenvalue weighted by molar-refractivity contribution is 0.187. The average molecular weight is 211 g/mol. The van der Waals surface area contributed by atoms with E-state index in [1.54, 1.807) is 6.07 Å². The van der Waals surface area contributed by atoms with E-state index in [1.807, 2.05) is 13.0 Å². The molecule has 0 heterocycles. The van der Waals surface area contributed by atoms with Gasteiger partial charge in [-0.3, -0.25) is 0 Å². The number of benzene rings is 1. The highest BCUT2D eigenvalue weighted by Gasteiger charge is 2.29. The van der Waals surface area contributed by atoms with Crippen molar-refractivity contribution >= 4 is 0 Å². The first kappa shape index (κ1) is 12.1. The fourth-order valence-corrected chi connectivity index (χ4v) is 1.90. The number of rotatable bonds is 5. The summed E-state index contributed by atoms with van der Waals surface area (Å²) in [4.78, 5) is 0. The van der Waals surface area contributed by atoms with Crippen LogP contribution in [0, 0.1) is 5.82 Å². The molecule has 1 atom stereocenters. The Morgan fingerprint density at radius 2 is 2.20 bits per heavy atom. The molecule has 1 unspecified atom stereocenters. The average Bonchev–Trinajstić information content (AvgIpc) is 2.26. The molecule has 0 radical (unpaired) electrons. The quantitative estimate of drug-likeness (QED) is 0.780. The predicted molar refractivity (Wildman–Crippen MR) is 59.1 cm³/mol. The van der Waals surface area contributed by atoms with E-state index in [0.717, 1.165) is 18.4 Å². The number of halogens is 1. The fourth-order valence-electron chi connectivity index (χ4n) is 1.90. The van der Waals surface area contributed by atoms with Crippen LogP contribution in [0.3, 0.4) is 0 Å². The van der Waals surface area contributed by atoms with E-state index >= 15 is 0 Å². The van der Waals surface area contributed by atoms with Crippen molar-refractivity contribution in [3.05, 3.63) is 35.6 Å². The van der Waals surface area contributed by atoms with Crippen LogP contribution in [0.25, 0.3) is 0 Å². The first-order valence-corrected chi connectivity index (χ1v) is 5.25. The SMILES string of the molecule is CCCC(CN)(CO)c1cccc(F)c1. The molecule has 2 nitrogen and oxygen atoms in total. The van der Waals surface area contributed by atoms with Gasteiger partial charge in [-0.05, 0) is 24.1 Å². The smallest absolute Gasteiger partial charge is 0.123 e. The second-order valence-corrected chi connectivity index (χ2v) is 3.90. The van der Waals surface area contributed by atoms with Gasteiger partial charge in [-0.2, -0.15) is 0 Å². The molecular weight excluding hydrogens is 193 g/mol. The van der Waals surface area contributed by atoms with Gasteiger partial charge in [-0.1, -0.05) is 25.5 Å². The normalized spacial score (nSPS) is 14.9. The van der Waals surface area contributed by atoms with E-state index in [9.17, 15) is 9.50 Å². The molecule has 0 aliphatic heterocycles. The fraction of sp³-hybridized carbons (Fsp3) is 0.500. The van der Waals surface area contributed by atoms with Crippen LogP contribution in [-0.4, -0.2) is 18.3 Å². The Kier molecular flexibility index (Phi) is 4.24. The molecule has 0 aliphatic rings. The third kappa shape index (κ3) is 2.55. The number of hydrogen-bond donors (Lipinski definition) is 2. The summed E-state index contributed by atoms with van der Waals surface area (Å²) < 4.78 is 13.1. The molecule has 0 aliphatic carbocycles. The Balaban J connectivity index is 3.07. The minimum absolute atomic E-state index is 0.0409. The number of nitrogens with two attached hydrogens (primary N) is 1. The maximum Gasteiger partial charge on any atom is 0.123 e. The monoisotopic (exact) mass is 211 g/mol. The van der Waals surface area contributed by atoms with E-state index in [-0.39, 0.29) is 12.4 Å². The van der Waals surface area contributed by atoms with Crippen molar-refractivity contribution in [3.8, 4) is 0 Å². The van der Waals surface area contributed by atoms with Crippen molar-refractivity contribution in [3.63, 3.8) is 0 Å². The Bertz CT molecular complexity index is 310. The predicted octanol–water partition coefficient (Wildman–Crippen LogP) is 1.81. The van der Waals surface area contributed by atoms with Crippen LogP contribution in [0.4, 0.5) is 4.39 Å². The Morgan fingerprint density at radius 1 is 1.47 bits per heavy atom. The lowest BCUT2D eigenvalue weighted by atomic mass is 9.77. The zero-order valence-corrected chi connectivity index (χ0v) is 9.04. The van der Waals surface area contributed by atoms with Crippen molar-refractivity contribution in [1.82, 2.24) is 0 Å². The molecule has 0 fully saturated rings. The van der Waals surface area contributed by atoms with Gasteiger partial charge in [0, 0.05) is 12.0 Å². The molecular formula is C12H18FNO. The largest absolute Gasteiger partial charge is 0.395 e. The molecule has 15 heavy (non-hydrogen) atoms. The Hall–Kier alpha value is -0.930. The maximum atomic E-state index is 13.1. The van der Waals surface area contributed by atoms with Crippen molar-refractivity contribution in [2.75, 3.05) is 13.2 Å². The Morgan fingerprint density at radius 3 is 2.67 bits per heavy atom. The highest BCUT2D eigenvalue weighted by atomic mass is 19.1. The summed E-state index contributed by atoms with van der Waals surface area (Å²) in [5, 5.41) is 9.45. The molecule has 0 bridgehead atoms. The van der Waals surface area contributed by atoms with Crippen molar-refractivity contribution in [2.45, 2.75) is 25.2 Å². The summed E-state index contributed by atoms with van der Waals surface area (Å²) in [5.41, 5.74) is 6.00. The standard InChI is InChI=1S/C12H18FNO/c1-2-6-12(8-14,9-15)10-4-3-5-11(13)7-10/h3-5,7,15H,2,6,8-9,14H2,1H3. The molecule has 0 saturated carbocycles. The summed E-state index contributed by atoms with van der Waals surface area (Å²) >= 11 is 0. The molecule has 0 saturated heterocycles. The summed E-state index contributed by atoms with van der Waals surface area (Å²) in [6, 6.07) is 6.33. The first-order valence-electron chi connectivity index (χ1n) is 5.25. The van der Waals surface area contributed by atoms with E-state index in [1.165, 1.54) is 12.1 Å². The summed E-state index contributed by atoms with van der Waals surface area (Å²) in [5.74, 6) is -0.283. The van der Waals surface area contributed by atoms with Crippen molar-refractivity contribution in [2.24, 2.45) is 5.73 Å². The van der Waals surface area contributed by atoms with Crippen LogP contribution in [0.1, 0.15) is 25.3 Å². The molecule has 1 aromatic carbocycles. The Labute approximate surface area is 89.9 Å². The zero-order chi connectivity index (χ0) is 11.3. The lowest BCUT2D eigenvalue weighted by Crippen LogP contribution is -2.38. The van der Waals surface area contributed by atoms with E-state index in [0.29, 0.717) is 6.54 Å². The van der Waals surface area contributed by atoms with Crippen LogP contribution in [-0.2, 0) is 5.41 Å². The second-order valence-electron chi connectivity index (χ2n) is 3.90. The van der Waals surface area contributed by atoms with Crippen LogP contribution in [0.2, 0.25) is 0 Å². The molecule has 1 aromatic rings. The van der Waals surface area contributed by atoms with E-state index in [4.69, 9.17) is 5.73 Å². The van der Waals surface area contributed by atoms with Gasteiger partial charge in [0.2, 0.25) is 0 Å². The molecule has 3 heteroatoms. The minimum atomic E-state index is -0.489. The molecule has 1 rings (SSSR count). The molecule has 0 spiro atoms. The summed E-state index contributed by atoms with van der Waals surface area (Å²) in [6.45, 7) is 2.32. The van der Waals surface area contributed by atoms with Gasteiger partial charge in [-0.25, -0.2) is 4.39 Å². The van der Waals surface area contributed by atoms with Gasteiger partial charge in [0.25, 0.3) is 0 Å². The zero-order valence-electron chi connectivity index (χ0n) is 9.04. The van der Waals surface area contributed by atoms with Gasteiger partial charge in [0.1, 0.15) is 5.82 Å². The minimum Gasteiger partial charge on any atom is -0.395 e. The molecule has 0 amide bonds. The number of hydrogen-bond acceptors (Lipinski definition) is 2. The van der Waals surface area contributed by atoms with Crippen molar-refractivity contribution in [1.29, 1.82) is 0 Å². The summed E-state index contributed by atoms with van der Waals surface area (Å²) in [6.07, 6.45) is 1.68. The first-order chi connectivity index (χ1) is 7.18. The van der Waals surface area contributed by atoms with Gasteiger partial charge >= 0.3 is 0 Å². The van der Waals surface area contributed by atoms with Crippen LogP contribution in [0.15, 0.2) is 24.3 Å². The number of aliphatic hydroxyl groups excluding tert-OH is 1. The third-order valence-electron chi connectivity index (χ3n) is 2.86. The van der Waals surface area contributed by atoms with Crippen molar-refractivity contribution < 1.29 is 9.50 Å². The van der Waals surface area contributed by atoms with Gasteiger partial charge in [-0.15, -0.1) is 0 Å². The molecule has 84 valence electrons. The van der Waals surface area contributed by atoms with Crippen LogP contribution < -0.4 is 5.73 Å². The van der Waals surface area contributed by atoms with Gasteiger partial charge < -0.3 is 10.8 Å². The lowest BCUT2D eigenvalue weighted by Gasteiger charge is -2.30. The highest BCUT2D eigenvalue weighted by molar-refractivity contribution is 5.26. The van der Waals surface area contributed by atoms with E-state index in [2.05, 4.69) is 0 Å². The van der Waals surface area contributed by atoms with Gasteiger partial charge in [0.15, 0.2) is 0 Å². The summed E-state index contributed by atoms with van der Waals surface area (Å²) in [7, 11) is 0. The second kappa shape index (κ2) is 5.24. The van der Waals surface area contributed by atoms with Gasteiger partial charge in [0.05, 0.1) is 6.61 Å². The van der Waals surface area contributed by atoms with Crippen LogP contribution in [0.5, 0.6) is 0 Å². The maximum absolute atomic E-state index is 13.1. The van der Waals surface area contributed by atoms with E-state index < -0.39 is 5.41 Å². The van der Waals surface area contributed by atoms with Crippen LogP contribution >= 0.6 is 0 Å². The third-order valence-corrected chi connectivity index (χ3v) is 2.86. The highest BCUT2D eigenvalue weighted by Crippen LogP contribution is 2.28. The topological polar surface area (TPSA) is 46.2 Å².